The predicted octanol–water partition coefficient (Wildman–Crippen LogP) is 2.67. The van der Waals surface area contributed by atoms with Crippen molar-refractivity contribution in [2.75, 3.05) is 6.61 Å². The number of nitrogens with one attached hydrogen (secondary N) is 1. The summed E-state index contributed by atoms with van der Waals surface area (Å²) in [5.74, 6) is 6.30. The summed E-state index contributed by atoms with van der Waals surface area (Å²) in [6.45, 7) is 2.70. The molecule has 19 heavy (non-hydrogen) atoms. The highest BCUT2D eigenvalue weighted by Gasteiger charge is 2.18. The van der Waals surface area contributed by atoms with Crippen molar-refractivity contribution in [1.82, 2.24) is 10.4 Å². The van der Waals surface area contributed by atoms with Gasteiger partial charge in [0.1, 0.15) is 5.75 Å². The maximum atomic E-state index is 5.97. The SMILES string of the molecule is CCCOc1cncc(C(NN)c2ccoc2Cl)c1. The molecule has 0 saturated carbocycles. The van der Waals surface area contributed by atoms with Crippen LogP contribution >= 0.6 is 11.6 Å². The molecule has 0 bridgehead atoms. The van der Waals surface area contributed by atoms with Gasteiger partial charge in [-0.2, -0.15) is 0 Å². The van der Waals surface area contributed by atoms with Crippen molar-refractivity contribution in [3.63, 3.8) is 0 Å². The van der Waals surface area contributed by atoms with Crippen molar-refractivity contribution < 1.29 is 9.15 Å². The predicted molar refractivity (Wildman–Crippen MR) is 72.9 cm³/mol. The number of hydrogen-bond acceptors (Lipinski definition) is 5. The molecule has 0 aliphatic rings. The zero-order valence-corrected chi connectivity index (χ0v) is 11.4. The number of rotatable bonds is 6. The van der Waals surface area contributed by atoms with Gasteiger partial charge >= 0.3 is 0 Å². The van der Waals surface area contributed by atoms with E-state index in [-0.39, 0.29) is 6.04 Å². The molecule has 0 saturated heterocycles. The van der Waals surface area contributed by atoms with E-state index in [2.05, 4.69) is 10.4 Å². The Morgan fingerprint density at radius 3 is 3.00 bits per heavy atom. The van der Waals surface area contributed by atoms with E-state index < -0.39 is 0 Å². The quantitative estimate of drug-likeness (QED) is 0.629. The molecule has 5 nitrogen and oxygen atoms in total. The summed E-state index contributed by atoms with van der Waals surface area (Å²) in [7, 11) is 0. The minimum Gasteiger partial charge on any atom is -0.492 e. The number of hydrogen-bond donors (Lipinski definition) is 2. The van der Waals surface area contributed by atoms with Crippen LogP contribution in [0.15, 0.2) is 35.2 Å². The first-order chi connectivity index (χ1) is 9.26. The first-order valence-electron chi connectivity index (χ1n) is 6.03. The number of nitrogens with zero attached hydrogens (tertiary/aromatic N) is 1. The summed E-state index contributed by atoms with van der Waals surface area (Å²) >= 11 is 5.97. The highest BCUT2D eigenvalue weighted by atomic mass is 35.5. The van der Waals surface area contributed by atoms with Crippen LogP contribution in [-0.2, 0) is 0 Å². The summed E-state index contributed by atoms with van der Waals surface area (Å²) in [5.41, 5.74) is 4.33. The van der Waals surface area contributed by atoms with E-state index in [1.54, 1.807) is 18.5 Å². The van der Waals surface area contributed by atoms with E-state index >= 15 is 0 Å². The second-order valence-corrected chi connectivity index (χ2v) is 4.40. The maximum Gasteiger partial charge on any atom is 0.198 e. The van der Waals surface area contributed by atoms with Gasteiger partial charge in [-0.05, 0) is 35.7 Å². The number of nitrogens with two attached hydrogens (primary N) is 1. The molecule has 0 aliphatic carbocycles. The zero-order chi connectivity index (χ0) is 13.7. The lowest BCUT2D eigenvalue weighted by Crippen LogP contribution is -2.28. The summed E-state index contributed by atoms with van der Waals surface area (Å²) < 4.78 is 10.6. The minimum absolute atomic E-state index is 0.288. The number of pyridine rings is 1. The normalized spacial score (nSPS) is 12.4. The number of ether oxygens (including phenoxy) is 1. The van der Waals surface area contributed by atoms with E-state index in [1.807, 2.05) is 13.0 Å². The Morgan fingerprint density at radius 1 is 1.53 bits per heavy atom. The second kappa shape index (κ2) is 6.56. The van der Waals surface area contributed by atoms with Crippen LogP contribution in [0, 0.1) is 0 Å². The van der Waals surface area contributed by atoms with E-state index in [0.717, 1.165) is 17.5 Å². The average Bonchev–Trinajstić information content (AvgIpc) is 2.84. The van der Waals surface area contributed by atoms with E-state index in [4.69, 9.17) is 26.6 Å². The Labute approximate surface area is 116 Å². The van der Waals surface area contributed by atoms with Crippen LogP contribution in [0.3, 0.4) is 0 Å². The average molecular weight is 282 g/mol. The van der Waals surface area contributed by atoms with Crippen LogP contribution in [0.5, 0.6) is 5.75 Å². The smallest absolute Gasteiger partial charge is 0.198 e. The monoisotopic (exact) mass is 281 g/mol. The molecule has 0 aliphatic heterocycles. The van der Waals surface area contributed by atoms with Crippen molar-refractivity contribution in [2.45, 2.75) is 19.4 Å². The molecule has 0 amide bonds. The van der Waals surface area contributed by atoms with Gasteiger partial charge in [-0.1, -0.05) is 6.92 Å². The van der Waals surface area contributed by atoms with Gasteiger partial charge in [0.05, 0.1) is 25.1 Å². The fourth-order valence-corrected chi connectivity index (χ4v) is 1.99. The topological polar surface area (TPSA) is 73.3 Å². The first-order valence-corrected chi connectivity index (χ1v) is 6.40. The van der Waals surface area contributed by atoms with Gasteiger partial charge in [0, 0.05) is 11.8 Å². The minimum atomic E-state index is -0.288. The highest BCUT2D eigenvalue weighted by molar-refractivity contribution is 6.29. The van der Waals surface area contributed by atoms with Gasteiger partial charge < -0.3 is 9.15 Å². The molecule has 6 heteroatoms. The molecule has 2 aromatic heterocycles. The third kappa shape index (κ3) is 3.26. The van der Waals surface area contributed by atoms with E-state index in [0.29, 0.717) is 17.6 Å². The maximum absolute atomic E-state index is 5.97. The molecular weight excluding hydrogens is 266 g/mol. The Bertz CT molecular complexity index is 530. The van der Waals surface area contributed by atoms with Crippen molar-refractivity contribution >= 4 is 11.6 Å². The first kappa shape index (κ1) is 13.9. The Balaban J connectivity index is 2.26. The van der Waals surface area contributed by atoms with Gasteiger partial charge in [0.25, 0.3) is 0 Å². The van der Waals surface area contributed by atoms with Crippen molar-refractivity contribution in [3.8, 4) is 5.75 Å². The third-order valence-corrected chi connectivity index (χ3v) is 2.97. The molecule has 2 heterocycles. The summed E-state index contributed by atoms with van der Waals surface area (Å²) in [6.07, 6.45) is 5.85. The number of halogens is 1. The lowest BCUT2D eigenvalue weighted by Gasteiger charge is -2.15. The fourth-order valence-electron chi connectivity index (χ4n) is 1.77. The standard InChI is InChI=1S/C13H16ClN3O2/c1-2-4-18-10-6-9(7-16-8-10)12(17-15)11-3-5-19-13(11)14/h3,5-8,12,17H,2,4,15H2,1H3. The molecule has 2 rings (SSSR count). The van der Waals surface area contributed by atoms with E-state index in [9.17, 15) is 0 Å². The van der Waals surface area contributed by atoms with Crippen LogP contribution in [-0.4, -0.2) is 11.6 Å². The molecular formula is C13H16ClN3O2. The fraction of sp³-hybridized carbons (Fsp3) is 0.308. The van der Waals surface area contributed by atoms with Crippen molar-refractivity contribution in [2.24, 2.45) is 5.84 Å². The summed E-state index contributed by atoms with van der Waals surface area (Å²) in [4.78, 5) is 4.15. The molecule has 102 valence electrons. The molecule has 0 radical (unpaired) electrons. The Hall–Kier alpha value is -1.56. The van der Waals surface area contributed by atoms with Gasteiger partial charge in [-0.25, -0.2) is 5.43 Å². The van der Waals surface area contributed by atoms with Gasteiger partial charge in [-0.3, -0.25) is 10.8 Å². The molecule has 1 unspecified atom stereocenters. The lowest BCUT2D eigenvalue weighted by atomic mass is 10.0. The van der Waals surface area contributed by atoms with Crippen LogP contribution in [0.4, 0.5) is 0 Å². The van der Waals surface area contributed by atoms with Gasteiger partial charge in [0.2, 0.25) is 0 Å². The van der Waals surface area contributed by atoms with Gasteiger partial charge in [-0.15, -0.1) is 0 Å². The molecule has 1 atom stereocenters. The summed E-state index contributed by atoms with van der Waals surface area (Å²) in [5, 5.41) is 0.308. The van der Waals surface area contributed by atoms with Crippen molar-refractivity contribution in [1.29, 1.82) is 0 Å². The second-order valence-electron chi connectivity index (χ2n) is 4.05. The Morgan fingerprint density at radius 2 is 2.37 bits per heavy atom. The van der Waals surface area contributed by atoms with E-state index in [1.165, 1.54) is 6.26 Å². The van der Waals surface area contributed by atoms with Gasteiger partial charge in [0.15, 0.2) is 5.22 Å². The molecule has 3 N–H and O–H groups in total. The molecule has 0 spiro atoms. The summed E-state index contributed by atoms with van der Waals surface area (Å²) in [6, 6.07) is 3.37. The zero-order valence-electron chi connectivity index (χ0n) is 10.6. The van der Waals surface area contributed by atoms with Crippen molar-refractivity contribution in [3.05, 3.63) is 47.1 Å². The number of furan rings is 1. The number of hydrazine groups is 1. The van der Waals surface area contributed by atoms with Crippen LogP contribution in [0.25, 0.3) is 0 Å². The van der Waals surface area contributed by atoms with Crippen LogP contribution in [0.1, 0.15) is 30.5 Å². The lowest BCUT2D eigenvalue weighted by molar-refractivity contribution is 0.315. The Kier molecular flexibility index (Phi) is 4.79. The highest BCUT2D eigenvalue weighted by Crippen LogP contribution is 2.29. The van der Waals surface area contributed by atoms with Crippen LogP contribution < -0.4 is 16.0 Å². The third-order valence-electron chi connectivity index (χ3n) is 2.66. The molecule has 0 fully saturated rings. The molecule has 2 aromatic rings. The largest absolute Gasteiger partial charge is 0.492 e. The van der Waals surface area contributed by atoms with Crippen LogP contribution in [0.2, 0.25) is 5.22 Å². The number of aromatic nitrogens is 1. The molecule has 0 aromatic carbocycles.